The molecule has 4 nitrogen and oxygen atoms in total. The lowest BCUT2D eigenvalue weighted by molar-refractivity contribution is 0.00492. The number of ether oxygens (including phenoxy) is 1. The smallest absolute Gasteiger partial charge is 0.261 e. The maximum Gasteiger partial charge on any atom is 0.261 e. The zero-order chi connectivity index (χ0) is 15.1. The number of rotatable bonds is 4. The molecule has 0 radical (unpaired) electrons. The first-order chi connectivity index (χ1) is 10.7. The molecule has 116 valence electrons. The van der Waals surface area contributed by atoms with Crippen LogP contribution in [-0.4, -0.2) is 35.5 Å². The Morgan fingerprint density at radius 3 is 2.05 bits per heavy atom. The number of fused-ring (bicyclic) bond motifs is 1. The lowest BCUT2D eigenvalue weighted by atomic mass is 9.92. The Morgan fingerprint density at radius 1 is 0.909 bits per heavy atom. The Kier molecular flexibility index (Phi) is 3.49. The van der Waals surface area contributed by atoms with E-state index >= 15 is 0 Å². The van der Waals surface area contributed by atoms with Gasteiger partial charge < -0.3 is 4.74 Å². The monoisotopic (exact) mass is 299 g/mol. The van der Waals surface area contributed by atoms with Gasteiger partial charge in [0.15, 0.2) is 0 Å². The average Bonchev–Trinajstić information content (AvgIpc) is 3.34. The number of benzene rings is 1. The largest absolute Gasteiger partial charge is 0.378 e. The van der Waals surface area contributed by atoms with Crippen molar-refractivity contribution < 1.29 is 14.3 Å². The van der Waals surface area contributed by atoms with Crippen LogP contribution in [-0.2, 0) is 4.74 Å². The molecule has 4 heteroatoms. The summed E-state index contributed by atoms with van der Waals surface area (Å²) in [5.74, 6) is 0.542. The topological polar surface area (TPSA) is 46.6 Å². The van der Waals surface area contributed by atoms with Crippen molar-refractivity contribution in [2.75, 3.05) is 6.61 Å². The number of amides is 2. The van der Waals surface area contributed by atoms with Crippen molar-refractivity contribution in [3.8, 4) is 0 Å². The Morgan fingerprint density at radius 2 is 1.50 bits per heavy atom. The van der Waals surface area contributed by atoms with Gasteiger partial charge in [-0.05, 0) is 56.6 Å². The second-order valence-electron chi connectivity index (χ2n) is 6.73. The minimum atomic E-state index is -0.122. The molecule has 4 rings (SSSR count). The third-order valence-electron chi connectivity index (χ3n) is 5.10. The Bertz CT molecular complexity index is 565. The summed E-state index contributed by atoms with van der Waals surface area (Å²) in [6, 6.07) is 7.17. The van der Waals surface area contributed by atoms with Gasteiger partial charge in [-0.15, -0.1) is 0 Å². The average molecular weight is 299 g/mol. The lowest BCUT2D eigenvalue weighted by Crippen LogP contribution is -2.43. The quantitative estimate of drug-likeness (QED) is 0.803. The summed E-state index contributed by atoms with van der Waals surface area (Å²) in [5.41, 5.74) is 1.11. The molecule has 2 fully saturated rings. The number of nitrogens with zero attached hydrogens (tertiary/aromatic N) is 1. The first-order valence-corrected chi connectivity index (χ1v) is 8.32. The second-order valence-corrected chi connectivity index (χ2v) is 6.73. The van der Waals surface area contributed by atoms with Gasteiger partial charge in [-0.1, -0.05) is 12.1 Å². The molecule has 0 saturated heterocycles. The molecule has 2 saturated carbocycles. The van der Waals surface area contributed by atoms with E-state index in [0.717, 1.165) is 38.2 Å². The lowest BCUT2D eigenvalue weighted by Gasteiger charge is -2.33. The van der Waals surface area contributed by atoms with E-state index < -0.39 is 0 Å². The fraction of sp³-hybridized carbons (Fsp3) is 0.556. The van der Waals surface area contributed by atoms with Crippen LogP contribution in [0.25, 0.3) is 0 Å². The van der Waals surface area contributed by atoms with E-state index in [1.807, 2.05) is 12.1 Å². The van der Waals surface area contributed by atoms with Crippen LogP contribution in [0.2, 0.25) is 0 Å². The van der Waals surface area contributed by atoms with Gasteiger partial charge in [0.2, 0.25) is 0 Å². The molecule has 22 heavy (non-hydrogen) atoms. The van der Waals surface area contributed by atoms with Gasteiger partial charge in [-0.2, -0.15) is 0 Å². The fourth-order valence-corrected chi connectivity index (χ4v) is 3.57. The highest BCUT2D eigenvalue weighted by atomic mass is 16.5. The number of hydrogen-bond acceptors (Lipinski definition) is 3. The summed E-state index contributed by atoms with van der Waals surface area (Å²) >= 11 is 0. The standard InChI is InChI=1S/C18H21NO3/c20-17-15-3-1-2-4-16(15)18(21)19(17)13-7-9-14(10-8-13)22-11-12-5-6-12/h1-4,12-14H,5-11H2. The highest BCUT2D eigenvalue weighted by Crippen LogP contribution is 2.34. The number of imide groups is 1. The molecule has 0 unspecified atom stereocenters. The summed E-state index contributed by atoms with van der Waals surface area (Å²) in [7, 11) is 0. The van der Waals surface area contributed by atoms with Crippen LogP contribution in [0, 0.1) is 5.92 Å². The van der Waals surface area contributed by atoms with E-state index in [1.54, 1.807) is 12.1 Å². The van der Waals surface area contributed by atoms with Gasteiger partial charge in [0, 0.05) is 12.6 Å². The minimum absolute atomic E-state index is 0.0353. The predicted molar refractivity (Wildman–Crippen MR) is 81.7 cm³/mol. The van der Waals surface area contributed by atoms with Crippen molar-refractivity contribution in [1.82, 2.24) is 4.90 Å². The summed E-state index contributed by atoms with van der Waals surface area (Å²) in [6.45, 7) is 0.891. The fourth-order valence-electron chi connectivity index (χ4n) is 3.57. The zero-order valence-electron chi connectivity index (χ0n) is 12.7. The first-order valence-electron chi connectivity index (χ1n) is 8.32. The molecular formula is C18H21NO3. The van der Waals surface area contributed by atoms with Crippen LogP contribution in [0.4, 0.5) is 0 Å². The van der Waals surface area contributed by atoms with E-state index in [2.05, 4.69) is 0 Å². The van der Waals surface area contributed by atoms with E-state index in [0.29, 0.717) is 17.2 Å². The minimum Gasteiger partial charge on any atom is -0.378 e. The molecule has 1 heterocycles. The van der Waals surface area contributed by atoms with Crippen molar-refractivity contribution in [3.63, 3.8) is 0 Å². The van der Waals surface area contributed by atoms with Crippen LogP contribution in [0.1, 0.15) is 59.2 Å². The predicted octanol–water partition coefficient (Wildman–Crippen LogP) is 3.02. The number of carbonyl (C=O) groups excluding carboxylic acids is 2. The van der Waals surface area contributed by atoms with E-state index in [9.17, 15) is 9.59 Å². The highest BCUT2D eigenvalue weighted by molar-refractivity contribution is 6.21. The molecule has 2 amide bonds. The van der Waals surface area contributed by atoms with E-state index in [-0.39, 0.29) is 17.9 Å². The van der Waals surface area contributed by atoms with Gasteiger partial charge in [0.25, 0.3) is 11.8 Å². The van der Waals surface area contributed by atoms with Crippen molar-refractivity contribution in [2.24, 2.45) is 5.92 Å². The van der Waals surface area contributed by atoms with Crippen LogP contribution in [0.3, 0.4) is 0 Å². The van der Waals surface area contributed by atoms with Crippen molar-refractivity contribution in [2.45, 2.75) is 50.7 Å². The molecule has 2 aliphatic carbocycles. The molecule has 1 aliphatic heterocycles. The van der Waals surface area contributed by atoms with Gasteiger partial charge in [-0.3, -0.25) is 14.5 Å². The zero-order valence-corrected chi connectivity index (χ0v) is 12.7. The summed E-state index contributed by atoms with van der Waals surface area (Å²) in [6.07, 6.45) is 6.55. The van der Waals surface area contributed by atoms with E-state index in [1.165, 1.54) is 17.7 Å². The normalized spacial score (nSPS) is 28.1. The molecule has 3 aliphatic rings. The molecule has 0 bridgehead atoms. The summed E-state index contributed by atoms with van der Waals surface area (Å²) in [5, 5.41) is 0. The third kappa shape index (κ3) is 2.45. The Hall–Kier alpha value is -1.68. The number of hydrogen-bond donors (Lipinski definition) is 0. The molecule has 1 aromatic carbocycles. The highest BCUT2D eigenvalue weighted by Gasteiger charge is 2.41. The summed E-state index contributed by atoms with van der Waals surface area (Å²) in [4.78, 5) is 26.5. The molecule has 0 N–H and O–H groups in total. The van der Waals surface area contributed by atoms with Crippen molar-refractivity contribution in [3.05, 3.63) is 35.4 Å². The maximum atomic E-state index is 12.5. The molecule has 0 aromatic heterocycles. The van der Waals surface area contributed by atoms with Crippen LogP contribution >= 0.6 is 0 Å². The van der Waals surface area contributed by atoms with Crippen molar-refractivity contribution in [1.29, 1.82) is 0 Å². The van der Waals surface area contributed by atoms with Gasteiger partial charge in [-0.25, -0.2) is 0 Å². The van der Waals surface area contributed by atoms with Gasteiger partial charge in [0.1, 0.15) is 0 Å². The molecular weight excluding hydrogens is 278 g/mol. The van der Waals surface area contributed by atoms with Gasteiger partial charge in [0.05, 0.1) is 17.2 Å². The SMILES string of the molecule is O=C1c2ccccc2C(=O)N1C1CCC(OCC2CC2)CC1. The second kappa shape index (κ2) is 5.51. The van der Waals surface area contributed by atoms with Crippen LogP contribution in [0.15, 0.2) is 24.3 Å². The summed E-state index contributed by atoms with van der Waals surface area (Å²) < 4.78 is 5.94. The molecule has 0 spiro atoms. The first kappa shape index (κ1) is 13.9. The third-order valence-corrected chi connectivity index (χ3v) is 5.10. The Balaban J connectivity index is 1.39. The molecule has 0 atom stereocenters. The maximum absolute atomic E-state index is 12.5. The van der Waals surface area contributed by atoms with E-state index in [4.69, 9.17) is 4.74 Å². The number of carbonyl (C=O) groups is 2. The van der Waals surface area contributed by atoms with Crippen LogP contribution < -0.4 is 0 Å². The van der Waals surface area contributed by atoms with Crippen molar-refractivity contribution >= 4 is 11.8 Å². The van der Waals surface area contributed by atoms with Gasteiger partial charge >= 0.3 is 0 Å². The molecule has 1 aromatic rings. The Labute approximate surface area is 130 Å². The van der Waals surface area contributed by atoms with Crippen LogP contribution in [0.5, 0.6) is 0 Å².